The monoisotopic (exact) mass is 369 g/mol. The molecule has 2 aromatic rings. The van der Waals surface area contributed by atoms with Crippen LogP contribution in [0.2, 0.25) is 0 Å². The summed E-state index contributed by atoms with van der Waals surface area (Å²) in [6.45, 7) is 0. The number of aromatic nitrogens is 1. The minimum absolute atomic E-state index is 0.0400. The van der Waals surface area contributed by atoms with Crippen LogP contribution in [0, 0.1) is 5.92 Å². The molecular formula is C21H27N3O3. The molecule has 6 heteroatoms. The minimum atomic E-state index is -0.286. The Morgan fingerprint density at radius 2 is 2.00 bits per heavy atom. The molecule has 1 atom stereocenters. The van der Waals surface area contributed by atoms with Gasteiger partial charge in [0, 0.05) is 26.0 Å². The first-order valence-electron chi connectivity index (χ1n) is 9.19. The number of hydrogen-bond acceptors (Lipinski definition) is 5. The number of amides is 1. The highest BCUT2D eigenvalue weighted by Crippen LogP contribution is 2.38. The Kier molecular flexibility index (Phi) is 5.96. The quantitative estimate of drug-likeness (QED) is 0.784. The molecular weight excluding hydrogens is 342 g/mol. The van der Waals surface area contributed by atoms with E-state index in [1.54, 1.807) is 19.5 Å². The zero-order chi connectivity index (χ0) is 19.4. The molecule has 3 rings (SSSR count). The van der Waals surface area contributed by atoms with Gasteiger partial charge in [-0.05, 0) is 48.1 Å². The number of anilines is 1. The summed E-state index contributed by atoms with van der Waals surface area (Å²) in [6.07, 6.45) is 4.79. The Bertz CT molecular complexity index is 770. The first kappa shape index (κ1) is 19.2. The number of hydrogen-bond donors (Lipinski definition) is 2. The van der Waals surface area contributed by atoms with Crippen LogP contribution in [0.15, 0.2) is 42.7 Å². The summed E-state index contributed by atoms with van der Waals surface area (Å²) in [5.74, 6) is 0.821. The van der Waals surface area contributed by atoms with Gasteiger partial charge in [-0.1, -0.05) is 12.1 Å². The van der Waals surface area contributed by atoms with Crippen molar-refractivity contribution in [2.75, 3.05) is 26.1 Å². The number of aliphatic hydroxyl groups excluding tert-OH is 1. The molecule has 0 saturated heterocycles. The van der Waals surface area contributed by atoms with E-state index in [1.165, 1.54) is 0 Å². The fourth-order valence-electron chi connectivity index (χ4n) is 3.41. The van der Waals surface area contributed by atoms with Gasteiger partial charge in [-0.25, -0.2) is 0 Å². The van der Waals surface area contributed by atoms with Gasteiger partial charge < -0.3 is 20.1 Å². The lowest BCUT2D eigenvalue weighted by molar-refractivity contribution is -0.122. The highest BCUT2D eigenvalue weighted by molar-refractivity contribution is 5.79. The Balaban J connectivity index is 1.70. The number of carbonyl (C=O) groups is 1. The fourth-order valence-corrected chi connectivity index (χ4v) is 3.41. The van der Waals surface area contributed by atoms with Gasteiger partial charge in [0.15, 0.2) is 0 Å². The second-order valence-corrected chi connectivity index (χ2v) is 7.33. The Hall–Kier alpha value is -2.60. The number of aliphatic hydroxyl groups is 1. The molecule has 1 aliphatic carbocycles. The number of benzene rings is 1. The normalized spacial score (nSPS) is 19.7. The topological polar surface area (TPSA) is 74.7 Å². The third kappa shape index (κ3) is 4.77. The second-order valence-electron chi connectivity index (χ2n) is 7.33. The van der Waals surface area contributed by atoms with Crippen molar-refractivity contribution >= 4 is 11.6 Å². The van der Waals surface area contributed by atoms with Crippen molar-refractivity contribution in [2.45, 2.75) is 31.4 Å². The first-order chi connectivity index (χ1) is 13.0. The van der Waals surface area contributed by atoms with E-state index in [1.807, 2.05) is 49.3 Å². The zero-order valence-corrected chi connectivity index (χ0v) is 16.1. The summed E-state index contributed by atoms with van der Waals surface area (Å²) in [6, 6.07) is 9.69. The summed E-state index contributed by atoms with van der Waals surface area (Å²) in [5, 5.41) is 12.8. The van der Waals surface area contributed by atoms with E-state index in [0.29, 0.717) is 25.0 Å². The maximum Gasteiger partial charge on any atom is 0.224 e. The summed E-state index contributed by atoms with van der Waals surface area (Å²) >= 11 is 0. The molecule has 2 N–H and O–H groups in total. The Morgan fingerprint density at radius 1 is 1.30 bits per heavy atom. The molecule has 1 aliphatic rings. The number of carbonyl (C=O) groups excluding carboxylic acids is 1. The average molecular weight is 369 g/mol. The van der Waals surface area contributed by atoms with Crippen LogP contribution >= 0.6 is 0 Å². The highest BCUT2D eigenvalue weighted by atomic mass is 16.5. The molecule has 1 aromatic heterocycles. The standard InChI is InChI=1S/C21H27N3O3/c1-24(2)17-6-4-14(5-7-17)8-20(26)23-21(15-9-18(25)10-15)16-11-19(27-3)13-22-12-16/h4-7,11-13,15,18,21,25H,8-10H2,1-3H3,(H,23,26)/t15?,18?,21-/m0/s1. The molecule has 1 amide bonds. The molecule has 1 heterocycles. The summed E-state index contributed by atoms with van der Waals surface area (Å²) in [5.41, 5.74) is 2.97. The maximum atomic E-state index is 12.7. The van der Waals surface area contributed by atoms with E-state index in [2.05, 4.69) is 10.3 Å². The Morgan fingerprint density at radius 3 is 2.59 bits per heavy atom. The van der Waals surface area contributed by atoms with Crippen molar-refractivity contribution in [2.24, 2.45) is 5.92 Å². The number of nitrogens with zero attached hydrogens (tertiary/aromatic N) is 2. The Labute approximate surface area is 160 Å². The van der Waals surface area contributed by atoms with Crippen LogP contribution in [0.25, 0.3) is 0 Å². The average Bonchev–Trinajstić information content (AvgIpc) is 2.64. The molecule has 0 spiro atoms. The van der Waals surface area contributed by atoms with E-state index in [0.717, 1.165) is 16.8 Å². The van der Waals surface area contributed by atoms with Gasteiger partial charge >= 0.3 is 0 Å². The van der Waals surface area contributed by atoms with Crippen LogP contribution in [0.4, 0.5) is 5.69 Å². The van der Waals surface area contributed by atoms with Gasteiger partial charge in [0.05, 0.1) is 31.9 Å². The molecule has 27 heavy (non-hydrogen) atoms. The van der Waals surface area contributed by atoms with Gasteiger partial charge in [-0.3, -0.25) is 9.78 Å². The van der Waals surface area contributed by atoms with Crippen LogP contribution in [-0.2, 0) is 11.2 Å². The van der Waals surface area contributed by atoms with Crippen molar-refractivity contribution in [3.8, 4) is 5.75 Å². The predicted octanol–water partition coefficient (Wildman–Crippen LogP) is 2.33. The van der Waals surface area contributed by atoms with Gasteiger partial charge in [0.2, 0.25) is 5.91 Å². The molecule has 6 nitrogen and oxygen atoms in total. The number of rotatable bonds is 7. The van der Waals surface area contributed by atoms with Crippen LogP contribution < -0.4 is 15.0 Å². The van der Waals surface area contributed by atoms with Crippen molar-refractivity contribution < 1.29 is 14.6 Å². The van der Waals surface area contributed by atoms with Gasteiger partial charge in [0.25, 0.3) is 0 Å². The van der Waals surface area contributed by atoms with Crippen LogP contribution in [0.1, 0.15) is 30.0 Å². The maximum absolute atomic E-state index is 12.7. The van der Waals surface area contributed by atoms with Gasteiger partial charge in [-0.2, -0.15) is 0 Å². The molecule has 1 saturated carbocycles. The van der Waals surface area contributed by atoms with Crippen molar-refractivity contribution in [3.05, 3.63) is 53.9 Å². The second kappa shape index (κ2) is 8.39. The van der Waals surface area contributed by atoms with E-state index < -0.39 is 0 Å². The van der Waals surface area contributed by atoms with E-state index in [-0.39, 0.29) is 24.0 Å². The van der Waals surface area contributed by atoms with Gasteiger partial charge in [0.1, 0.15) is 5.75 Å². The van der Waals surface area contributed by atoms with Crippen LogP contribution in [0.5, 0.6) is 5.75 Å². The first-order valence-corrected chi connectivity index (χ1v) is 9.19. The molecule has 144 valence electrons. The van der Waals surface area contributed by atoms with E-state index in [9.17, 15) is 9.90 Å². The molecule has 0 bridgehead atoms. The molecule has 0 aliphatic heterocycles. The van der Waals surface area contributed by atoms with Gasteiger partial charge in [-0.15, -0.1) is 0 Å². The largest absolute Gasteiger partial charge is 0.495 e. The minimum Gasteiger partial charge on any atom is -0.495 e. The van der Waals surface area contributed by atoms with E-state index in [4.69, 9.17) is 4.74 Å². The van der Waals surface area contributed by atoms with Crippen molar-refractivity contribution in [1.29, 1.82) is 0 Å². The lowest BCUT2D eigenvalue weighted by atomic mass is 9.75. The van der Waals surface area contributed by atoms with Crippen molar-refractivity contribution in [1.82, 2.24) is 10.3 Å². The number of methoxy groups -OCH3 is 1. The third-order valence-electron chi connectivity index (χ3n) is 5.08. The molecule has 0 radical (unpaired) electrons. The highest BCUT2D eigenvalue weighted by Gasteiger charge is 2.36. The van der Waals surface area contributed by atoms with Crippen LogP contribution in [-0.4, -0.2) is 43.3 Å². The van der Waals surface area contributed by atoms with Crippen LogP contribution in [0.3, 0.4) is 0 Å². The number of ether oxygens (including phenoxy) is 1. The molecule has 1 aromatic carbocycles. The van der Waals surface area contributed by atoms with E-state index >= 15 is 0 Å². The fraction of sp³-hybridized carbons (Fsp3) is 0.429. The predicted molar refractivity (Wildman–Crippen MR) is 105 cm³/mol. The number of nitrogens with one attached hydrogen (secondary N) is 1. The SMILES string of the molecule is COc1cncc([C@@H](NC(=O)Cc2ccc(N(C)C)cc2)C2CC(O)C2)c1. The lowest BCUT2D eigenvalue weighted by Crippen LogP contribution is -2.41. The third-order valence-corrected chi connectivity index (χ3v) is 5.08. The summed E-state index contributed by atoms with van der Waals surface area (Å²) in [4.78, 5) is 18.9. The number of pyridine rings is 1. The summed E-state index contributed by atoms with van der Waals surface area (Å²) in [7, 11) is 5.57. The zero-order valence-electron chi connectivity index (χ0n) is 16.1. The molecule has 0 unspecified atom stereocenters. The molecule has 1 fully saturated rings. The summed E-state index contributed by atoms with van der Waals surface area (Å²) < 4.78 is 5.26. The lowest BCUT2D eigenvalue weighted by Gasteiger charge is -2.38. The smallest absolute Gasteiger partial charge is 0.224 e. The van der Waals surface area contributed by atoms with Crippen molar-refractivity contribution in [3.63, 3.8) is 0 Å².